The summed E-state index contributed by atoms with van der Waals surface area (Å²) in [6.45, 7) is 7.01. The maximum absolute atomic E-state index is 14.0. The molecule has 0 heterocycles. The number of nitrogens with one attached hydrogen (secondary N) is 1. The molecule has 1 N–H and O–H groups in total. The molecule has 1 aromatic rings. The fourth-order valence-corrected chi connectivity index (χ4v) is 2.36. The SMILES string of the molecule is CCNC(CC)C(C)Cc1cccc([N+](=O)[O-])c1F. The summed E-state index contributed by atoms with van der Waals surface area (Å²) >= 11 is 0. The van der Waals surface area contributed by atoms with E-state index in [0.29, 0.717) is 18.0 Å². The Morgan fingerprint density at radius 2 is 2.11 bits per heavy atom. The van der Waals surface area contributed by atoms with Gasteiger partial charge in [0.25, 0.3) is 0 Å². The molecule has 0 fully saturated rings. The molecule has 2 atom stereocenters. The van der Waals surface area contributed by atoms with Crippen molar-refractivity contribution in [2.24, 2.45) is 5.92 Å². The minimum atomic E-state index is -0.703. The molecule has 5 heteroatoms. The highest BCUT2D eigenvalue weighted by molar-refractivity contribution is 5.37. The van der Waals surface area contributed by atoms with Gasteiger partial charge in [0, 0.05) is 12.1 Å². The van der Waals surface area contributed by atoms with Crippen molar-refractivity contribution < 1.29 is 9.31 Å². The Balaban J connectivity index is 2.87. The van der Waals surface area contributed by atoms with Crippen molar-refractivity contribution in [2.45, 2.75) is 39.7 Å². The lowest BCUT2D eigenvalue weighted by Crippen LogP contribution is -2.35. The van der Waals surface area contributed by atoms with E-state index in [0.717, 1.165) is 13.0 Å². The lowest BCUT2D eigenvalue weighted by molar-refractivity contribution is -0.387. The molecule has 19 heavy (non-hydrogen) atoms. The second-order valence-corrected chi connectivity index (χ2v) is 4.76. The van der Waals surface area contributed by atoms with Crippen LogP contribution >= 0.6 is 0 Å². The van der Waals surface area contributed by atoms with Gasteiger partial charge in [0.05, 0.1) is 4.92 Å². The maximum atomic E-state index is 14.0. The van der Waals surface area contributed by atoms with Crippen molar-refractivity contribution in [3.05, 3.63) is 39.7 Å². The highest BCUT2D eigenvalue weighted by Crippen LogP contribution is 2.23. The predicted molar refractivity (Wildman–Crippen MR) is 73.7 cm³/mol. The smallest absolute Gasteiger partial charge is 0.305 e. The Morgan fingerprint density at radius 1 is 1.42 bits per heavy atom. The quantitative estimate of drug-likeness (QED) is 0.609. The lowest BCUT2D eigenvalue weighted by Gasteiger charge is -2.23. The summed E-state index contributed by atoms with van der Waals surface area (Å²) in [6, 6.07) is 4.66. The standard InChI is InChI=1S/C14H21FN2O2/c1-4-12(16-5-2)10(3)9-11-7-6-8-13(14(11)15)17(18)19/h6-8,10,12,16H,4-5,9H2,1-3H3. The summed E-state index contributed by atoms with van der Waals surface area (Å²) in [5, 5.41) is 14.1. The minimum Gasteiger partial charge on any atom is -0.314 e. The Kier molecular flexibility index (Phi) is 5.89. The highest BCUT2D eigenvalue weighted by Gasteiger charge is 2.21. The Bertz CT molecular complexity index is 437. The molecule has 0 bridgehead atoms. The van der Waals surface area contributed by atoms with Crippen LogP contribution in [0.15, 0.2) is 18.2 Å². The second-order valence-electron chi connectivity index (χ2n) is 4.76. The van der Waals surface area contributed by atoms with E-state index in [2.05, 4.69) is 12.2 Å². The van der Waals surface area contributed by atoms with Gasteiger partial charge in [-0.1, -0.05) is 32.9 Å². The Hall–Kier alpha value is -1.49. The molecule has 0 aromatic heterocycles. The molecule has 2 unspecified atom stereocenters. The van der Waals surface area contributed by atoms with Crippen LogP contribution in [0, 0.1) is 21.8 Å². The van der Waals surface area contributed by atoms with Crippen LogP contribution in [-0.4, -0.2) is 17.5 Å². The molecular formula is C14H21FN2O2. The molecule has 0 spiro atoms. The summed E-state index contributed by atoms with van der Waals surface area (Å²) in [5.41, 5.74) is -0.0285. The van der Waals surface area contributed by atoms with Crippen LogP contribution in [0.1, 0.15) is 32.8 Å². The van der Waals surface area contributed by atoms with Gasteiger partial charge in [0.15, 0.2) is 0 Å². The molecule has 106 valence electrons. The molecular weight excluding hydrogens is 247 g/mol. The summed E-state index contributed by atoms with van der Waals surface area (Å²) in [5.74, 6) is -0.479. The van der Waals surface area contributed by atoms with Gasteiger partial charge in [-0.15, -0.1) is 0 Å². The molecule has 0 saturated heterocycles. The van der Waals surface area contributed by atoms with Gasteiger partial charge < -0.3 is 5.32 Å². The zero-order valence-electron chi connectivity index (χ0n) is 11.6. The molecule has 0 amide bonds. The van der Waals surface area contributed by atoms with Gasteiger partial charge in [0.1, 0.15) is 0 Å². The van der Waals surface area contributed by atoms with E-state index in [1.54, 1.807) is 6.07 Å². The van der Waals surface area contributed by atoms with E-state index in [4.69, 9.17) is 0 Å². The van der Waals surface area contributed by atoms with Crippen molar-refractivity contribution in [1.82, 2.24) is 5.32 Å². The van der Waals surface area contributed by atoms with E-state index < -0.39 is 16.4 Å². The molecule has 0 aliphatic heterocycles. The lowest BCUT2D eigenvalue weighted by atomic mass is 9.92. The number of nitro benzene ring substituents is 1. The maximum Gasteiger partial charge on any atom is 0.305 e. The van der Waals surface area contributed by atoms with Crippen molar-refractivity contribution in [3.8, 4) is 0 Å². The Labute approximate surface area is 113 Å². The number of rotatable bonds is 7. The molecule has 4 nitrogen and oxygen atoms in total. The molecule has 0 saturated carbocycles. The highest BCUT2D eigenvalue weighted by atomic mass is 19.1. The number of halogens is 1. The first-order chi connectivity index (χ1) is 9.01. The topological polar surface area (TPSA) is 55.2 Å². The Morgan fingerprint density at radius 3 is 2.63 bits per heavy atom. The van der Waals surface area contributed by atoms with Crippen molar-refractivity contribution in [2.75, 3.05) is 6.54 Å². The number of hydrogen-bond acceptors (Lipinski definition) is 3. The molecule has 0 aliphatic carbocycles. The zero-order chi connectivity index (χ0) is 14.4. The first-order valence-electron chi connectivity index (χ1n) is 6.66. The first kappa shape index (κ1) is 15.6. The number of nitro groups is 1. The van der Waals surface area contributed by atoms with E-state index >= 15 is 0 Å². The van der Waals surface area contributed by atoms with E-state index in [1.807, 2.05) is 13.8 Å². The third-order valence-electron chi connectivity index (χ3n) is 3.39. The van der Waals surface area contributed by atoms with Crippen molar-refractivity contribution >= 4 is 5.69 Å². The molecule has 1 aromatic carbocycles. The summed E-state index contributed by atoms with van der Waals surface area (Å²) in [7, 11) is 0. The van der Waals surface area contributed by atoms with Gasteiger partial charge >= 0.3 is 5.69 Å². The van der Waals surface area contributed by atoms with Gasteiger partial charge in [0.2, 0.25) is 5.82 Å². The van der Waals surface area contributed by atoms with Crippen molar-refractivity contribution in [1.29, 1.82) is 0 Å². The molecule has 1 rings (SSSR count). The van der Waals surface area contributed by atoms with Crippen LogP contribution in [0.2, 0.25) is 0 Å². The fraction of sp³-hybridized carbons (Fsp3) is 0.571. The normalized spacial score (nSPS) is 14.1. The third-order valence-corrected chi connectivity index (χ3v) is 3.39. The van der Waals surface area contributed by atoms with Crippen LogP contribution in [0.4, 0.5) is 10.1 Å². The summed E-state index contributed by atoms with van der Waals surface area (Å²) in [4.78, 5) is 10.0. The second kappa shape index (κ2) is 7.19. The summed E-state index contributed by atoms with van der Waals surface area (Å²) in [6.07, 6.45) is 1.45. The number of nitrogens with zero attached hydrogens (tertiary/aromatic N) is 1. The number of hydrogen-bond donors (Lipinski definition) is 1. The predicted octanol–water partition coefficient (Wildman–Crippen LogP) is 3.30. The van der Waals surface area contributed by atoms with Crippen LogP contribution in [0.3, 0.4) is 0 Å². The zero-order valence-corrected chi connectivity index (χ0v) is 11.6. The van der Waals surface area contributed by atoms with Crippen LogP contribution in [0.25, 0.3) is 0 Å². The van der Waals surface area contributed by atoms with E-state index in [-0.39, 0.29) is 5.92 Å². The van der Waals surface area contributed by atoms with Crippen LogP contribution in [0.5, 0.6) is 0 Å². The van der Waals surface area contributed by atoms with Gasteiger partial charge in [-0.25, -0.2) is 0 Å². The third kappa shape index (κ3) is 3.99. The van der Waals surface area contributed by atoms with Gasteiger partial charge in [-0.2, -0.15) is 4.39 Å². The van der Waals surface area contributed by atoms with Gasteiger partial charge in [-0.3, -0.25) is 10.1 Å². The number of benzene rings is 1. The average molecular weight is 268 g/mol. The van der Waals surface area contributed by atoms with Gasteiger partial charge in [-0.05, 0) is 30.9 Å². The monoisotopic (exact) mass is 268 g/mol. The van der Waals surface area contributed by atoms with Crippen LogP contribution in [-0.2, 0) is 6.42 Å². The molecule has 0 aliphatic rings. The molecule has 0 radical (unpaired) electrons. The summed E-state index contributed by atoms with van der Waals surface area (Å²) < 4.78 is 14.0. The fourth-order valence-electron chi connectivity index (χ4n) is 2.36. The van der Waals surface area contributed by atoms with Crippen molar-refractivity contribution in [3.63, 3.8) is 0 Å². The average Bonchev–Trinajstić information content (AvgIpc) is 2.37. The van der Waals surface area contributed by atoms with E-state index in [9.17, 15) is 14.5 Å². The van der Waals surface area contributed by atoms with E-state index in [1.165, 1.54) is 12.1 Å². The minimum absolute atomic E-state index is 0.224. The first-order valence-corrected chi connectivity index (χ1v) is 6.66. The largest absolute Gasteiger partial charge is 0.314 e. The van der Waals surface area contributed by atoms with Crippen LogP contribution < -0.4 is 5.32 Å².